The summed E-state index contributed by atoms with van der Waals surface area (Å²) < 4.78 is 0. The monoisotopic (exact) mass is 284 g/mol. The molecule has 1 fully saturated rings. The summed E-state index contributed by atoms with van der Waals surface area (Å²) in [4.78, 5) is 25.3. The fraction of sp³-hybridized carbons (Fsp3) is 0.857. The van der Waals surface area contributed by atoms with Crippen LogP contribution in [0.3, 0.4) is 0 Å². The summed E-state index contributed by atoms with van der Waals surface area (Å²) in [7, 11) is 0. The molecule has 20 heavy (non-hydrogen) atoms. The predicted octanol–water partition coefficient (Wildman–Crippen LogP) is 0.673. The van der Waals surface area contributed by atoms with E-state index in [1.54, 1.807) is 0 Å². The van der Waals surface area contributed by atoms with Crippen molar-refractivity contribution in [2.45, 2.75) is 39.0 Å². The van der Waals surface area contributed by atoms with Crippen molar-refractivity contribution in [3.05, 3.63) is 0 Å². The number of likely N-dealkylation sites (tertiary alicyclic amines) is 1. The number of unbranched alkanes of at least 4 members (excludes halogenated alkanes) is 1. The van der Waals surface area contributed by atoms with Crippen molar-refractivity contribution in [3.63, 3.8) is 0 Å². The first kappa shape index (κ1) is 16.9. The molecule has 0 radical (unpaired) electrons. The Bertz CT molecular complexity index is 308. The molecule has 0 aliphatic carbocycles. The van der Waals surface area contributed by atoms with Crippen molar-refractivity contribution in [3.8, 4) is 0 Å². The van der Waals surface area contributed by atoms with Gasteiger partial charge in [-0.1, -0.05) is 13.3 Å². The molecule has 4 N–H and O–H groups in total. The van der Waals surface area contributed by atoms with Gasteiger partial charge in [0.1, 0.15) is 0 Å². The number of urea groups is 1. The Kier molecular flexibility index (Phi) is 8.22. The van der Waals surface area contributed by atoms with Crippen LogP contribution in [0.2, 0.25) is 0 Å². The number of rotatable bonds is 7. The maximum absolute atomic E-state index is 11.8. The molecule has 116 valence electrons. The second kappa shape index (κ2) is 9.72. The minimum absolute atomic E-state index is 0.229. The number of piperidine rings is 1. The van der Waals surface area contributed by atoms with E-state index in [-0.39, 0.29) is 11.9 Å². The van der Waals surface area contributed by atoms with Crippen LogP contribution in [0.1, 0.15) is 39.0 Å². The SMILES string of the molecule is CCCCNC(=O)NC(=O)CN1CCCC(CCN)C1. The zero-order valence-corrected chi connectivity index (χ0v) is 12.5. The van der Waals surface area contributed by atoms with E-state index in [1.165, 1.54) is 6.42 Å². The van der Waals surface area contributed by atoms with Gasteiger partial charge in [-0.2, -0.15) is 0 Å². The first-order valence-electron chi connectivity index (χ1n) is 7.65. The van der Waals surface area contributed by atoms with Crippen LogP contribution >= 0.6 is 0 Å². The molecular formula is C14H28N4O2. The van der Waals surface area contributed by atoms with Crippen molar-refractivity contribution >= 4 is 11.9 Å². The van der Waals surface area contributed by atoms with Gasteiger partial charge in [0.05, 0.1) is 6.54 Å². The number of carbonyl (C=O) groups is 2. The summed E-state index contributed by atoms with van der Waals surface area (Å²) in [5, 5.41) is 5.05. The van der Waals surface area contributed by atoms with Crippen LogP contribution in [0.5, 0.6) is 0 Å². The summed E-state index contributed by atoms with van der Waals surface area (Å²) in [6.45, 7) is 5.48. The van der Waals surface area contributed by atoms with Crippen LogP contribution in [0.15, 0.2) is 0 Å². The number of carbonyl (C=O) groups excluding carboxylic acids is 2. The average molecular weight is 284 g/mol. The molecule has 0 bridgehead atoms. The third-order valence-corrected chi connectivity index (χ3v) is 3.61. The third kappa shape index (κ3) is 6.86. The lowest BCUT2D eigenvalue weighted by Crippen LogP contribution is -2.47. The zero-order chi connectivity index (χ0) is 14.8. The molecular weight excluding hydrogens is 256 g/mol. The van der Waals surface area contributed by atoms with Crippen LogP contribution in [0.25, 0.3) is 0 Å². The molecule has 1 unspecified atom stereocenters. The van der Waals surface area contributed by atoms with Gasteiger partial charge in [0.2, 0.25) is 5.91 Å². The van der Waals surface area contributed by atoms with Gasteiger partial charge in [-0.3, -0.25) is 15.0 Å². The van der Waals surface area contributed by atoms with E-state index in [2.05, 4.69) is 22.5 Å². The Morgan fingerprint density at radius 1 is 1.40 bits per heavy atom. The van der Waals surface area contributed by atoms with Crippen molar-refractivity contribution in [1.82, 2.24) is 15.5 Å². The van der Waals surface area contributed by atoms with Gasteiger partial charge >= 0.3 is 6.03 Å². The molecule has 1 saturated heterocycles. The molecule has 1 heterocycles. The van der Waals surface area contributed by atoms with Gasteiger partial charge in [0.15, 0.2) is 0 Å². The van der Waals surface area contributed by atoms with Crippen LogP contribution in [-0.4, -0.2) is 49.6 Å². The Morgan fingerprint density at radius 3 is 2.90 bits per heavy atom. The fourth-order valence-corrected chi connectivity index (χ4v) is 2.56. The van der Waals surface area contributed by atoms with Gasteiger partial charge in [0, 0.05) is 13.1 Å². The van der Waals surface area contributed by atoms with Crippen molar-refractivity contribution in [2.24, 2.45) is 11.7 Å². The van der Waals surface area contributed by atoms with E-state index in [0.29, 0.717) is 25.6 Å². The summed E-state index contributed by atoms with van der Waals surface area (Å²) in [6.07, 6.45) is 5.24. The number of hydrogen-bond donors (Lipinski definition) is 3. The van der Waals surface area contributed by atoms with E-state index < -0.39 is 0 Å². The second-order valence-electron chi connectivity index (χ2n) is 5.48. The summed E-state index contributed by atoms with van der Waals surface area (Å²) in [5.41, 5.74) is 5.58. The molecule has 0 aromatic carbocycles. The van der Waals surface area contributed by atoms with Gasteiger partial charge < -0.3 is 11.1 Å². The number of amides is 3. The molecule has 1 aliphatic heterocycles. The smallest absolute Gasteiger partial charge is 0.321 e. The lowest BCUT2D eigenvalue weighted by atomic mass is 9.95. The largest absolute Gasteiger partial charge is 0.338 e. The topological polar surface area (TPSA) is 87.5 Å². The Hall–Kier alpha value is -1.14. The highest BCUT2D eigenvalue weighted by atomic mass is 16.2. The van der Waals surface area contributed by atoms with Crippen molar-refractivity contribution < 1.29 is 9.59 Å². The summed E-state index contributed by atoms with van der Waals surface area (Å²) in [5.74, 6) is 0.354. The first-order valence-corrected chi connectivity index (χ1v) is 7.65. The van der Waals surface area contributed by atoms with Crippen LogP contribution < -0.4 is 16.4 Å². The van der Waals surface area contributed by atoms with E-state index in [0.717, 1.165) is 38.8 Å². The van der Waals surface area contributed by atoms with Gasteiger partial charge in [-0.15, -0.1) is 0 Å². The van der Waals surface area contributed by atoms with E-state index in [1.807, 2.05) is 0 Å². The Balaban J connectivity index is 2.22. The average Bonchev–Trinajstić information content (AvgIpc) is 2.39. The van der Waals surface area contributed by atoms with Crippen LogP contribution in [0, 0.1) is 5.92 Å². The van der Waals surface area contributed by atoms with Gasteiger partial charge in [0.25, 0.3) is 0 Å². The first-order chi connectivity index (χ1) is 9.65. The van der Waals surface area contributed by atoms with Crippen LogP contribution in [0.4, 0.5) is 4.79 Å². The highest BCUT2D eigenvalue weighted by molar-refractivity contribution is 5.95. The summed E-state index contributed by atoms with van der Waals surface area (Å²) in [6, 6.07) is -0.390. The molecule has 0 spiro atoms. The standard InChI is InChI=1S/C14H28N4O2/c1-2-3-8-16-14(20)17-13(19)11-18-9-4-5-12(10-18)6-7-15/h12H,2-11,15H2,1H3,(H2,16,17,19,20). The lowest BCUT2D eigenvalue weighted by Gasteiger charge is -2.31. The zero-order valence-electron chi connectivity index (χ0n) is 12.5. The molecule has 6 heteroatoms. The normalized spacial score (nSPS) is 19.6. The van der Waals surface area contributed by atoms with E-state index in [4.69, 9.17) is 5.73 Å². The molecule has 0 aromatic heterocycles. The predicted molar refractivity (Wildman–Crippen MR) is 79.3 cm³/mol. The van der Waals surface area contributed by atoms with Crippen molar-refractivity contribution in [2.75, 3.05) is 32.7 Å². The second-order valence-corrected chi connectivity index (χ2v) is 5.48. The van der Waals surface area contributed by atoms with Gasteiger partial charge in [-0.25, -0.2) is 4.79 Å². The molecule has 3 amide bonds. The third-order valence-electron chi connectivity index (χ3n) is 3.61. The van der Waals surface area contributed by atoms with E-state index in [9.17, 15) is 9.59 Å². The van der Waals surface area contributed by atoms with Crippen molar-refractivity contribution in [1.29, 1.82) is 0 Å². The molecule has 1 aliphatic rings. The highest BCUT2D eigenvalue weighted by Gasteiger charge is 2.21. The molecule has 1 atom stereocenters. The highest BCUT2D eigenvalue weighted by Crippen LogP contribution is 2.18. The number of nitrogens with zero attached hydrogens (tertiary/aromatic N) is 1. The molecule has 0 saturated carbocycles. The molecule has 6 nitrogen and oxygen atoms in total. The van der Waals surface area contributed by atoms with E-state index >= 15 is 0 Å². The van der Waals surface area contributed by atoms with Crippen LogP contribution in [-0.2, 0) is 4.79 Å². The minimum atomic E-state index is -0.390. The lowest BCUT2D eigenvalue weighted by molar-refractivity contribution is -0.121. The quantitative estimate of drug-likeness (QED) is 0.600. The maximum Gasteiger partial charge on any atom is 0.321 e. The minimum Gasteiger partial charge on any atom is -0.338 e. The Labute approximate surface area is 121 Å². The summed E-state index contributed by atoms with van der Waals surface area (Å²) >= 11 is 0. The number of hydrogen-bond acceptors (Lipinski definition) is 4. The molecule has 1 rings (SSSR count). The maximum atomic E-state index is 11.8. The number of nitrogens with one attached hydrogen (secondary N) is 2. The number of imide groups is 1. The molecule has 0 aromatic rings. The Morgan fingerprint density at radius 2 is 2.20 bits per heavy atom. The van der Waals surface area contributed by atoms with Gasteiger partial charge in [-0.05, 0) is 44.7 Å². The number of nitrogens with two attached hydrogens (primary N) is 1. The fourth-order valence-electron chi connectivity index (χ4n) is 2.56.